The molecule has 27 heavy (non-hydrogen) atoms. The van der Waals surface area contributed by atoms with E-state index in [0.29, 0.717) is 17.0 Å². The summed E-state index contributed by atoms with van der Waals surface area (Å²) in [5.74, 6) is 0.291. The molecule has 142 valence electrons. The van der Waals surface area contributed by atoms with E-state index in [2.05, 4.69) is 15.0 Å². The van der Waals surface area contributed by atoms with Crippen molar-refractivity contribution in [3.05, 3.63) is 59.4 Å². The number of nitrogens with zero attached hydrogens (tertiary/aromatic N) is 3. The van der Waals surface area contributed by atoms with Crippen molar-refractivity contribution < 1.29 is 17.6 Å². The van der Waals surface area contributed by atoms with E-state index in [0.717, 1.165) is 17.7 Å². The Labute approximate surface area is 155 Å². The van der Waals surface area contributed by atoms with Gasteiger partial charge in [-0.3, -0.25) is 9.98 Å². The molecule has 4 nitrogen and oxygen atoms in total. The van der Waals surface area contributed by atoms with Crippen LogP contribution in [0.1, 0.15) is 25.0 Å². The van der Waals surface area contributed by atoms with Gasteiger partial charge in [0.2, 0.25) is 5.89 Å². The normalized spacial score (nSPS) is 12.3. The highest BCUT2D eigenvalue weighted by molar-refractivity contribution is 5.78. The number of rotatable bonds is 2. The molecule has 0 radical (unpaired) electrons. The fraction of sp³-hybridized carbons (Fsp3) is 0.250. The van der Waals surface area contributed by atoms with Crippen LogP contribution in [-0.2, 0) is 6.18 Å². The van der Waals surface area contributed by atoms with E-state index in [9.17, 15) is 13.2 Å². The minimum absolute atomic E-state index is 0.186. The second-order valence-corrected chi connectivity index (χ2v) is 5.81. The van der Waals surface area contributed by atoms with Gasteiger partial charge >= 0.3 is 6.18 Å². The molecule has 0 aliphatic heterocycles. The zero-order chi connectivity index (χ0) is 20.0. The lowest BCUT2D eigenvalue weighted by atomic mass is 10.1. The number of allylic oxidation sites excluding steroid dienone is 2. The largest absolute Gasteiger partial charge is 0.436 e. The van der Waals surface area contributed by atoms with Gasteiger partial charge in [0.1, 0.15) is 5.52 Å². The molecule has 0 spiro atoms. The van der Waals surface area contributed by atoms with Crippen LogP contribution in [0.15, 0.2) is 57.7 Å². The minimum Gasteiger partial charge on any atom is -0.436 e. The van der Waals surface area contributed by atoms with Crippen LogP contribution in [0.2, 0.25) is 0 Å². The first-order chi connectivity index (χ1) is 12.8. The first-order valence-corrected chi connectivity index (χ1v) is 8.20. The van der Waals surface area contributed by atoms with Crippen molar-refractivity contribution in [2.75, 3.05) is 7.05 Å². The molecule has 0 amide bonds. The molecule has 0 saturated carbocycles. The number of oxazole rings is 1. The van der Waals surface area contributed by atoms with Crippen molar-refractivity contribution in [1.82, 2.24) is 9.97 Å². The molecule has 3 rings (SSSR count). The van der Waals surface area contributed by atoms with Gasteiger partial charge in [-0.05, 0) is 56.2 Å². The SMILES string of the molecule is C/C=C(/C)C=NC.Cc1cnccc1-c1nc2cc(C(F)(F)F)ccc2o1. The van der Waals surface area contributed by atoms with Crippen molar-refractivity contribution in [2.24, 2.45) is 4.99 Å². The Bertz CT molecular complexity index is 972. The number of benzene rings is 1. The average Bonchev–Trinajstić information content (AvgIpc) is 3.05. The number of fused-ring (bicyclic) bond motifs is 1. The number of aromatic nitrogens is 2. The van der Waals surface area contributed by atoms with Gasteiger partial charge in [0.05, 0.1) is 5.56 Å². The summed E-state index contributed by atoms with van der Waals surface area (Å²) >= 11 is 0. The monoisotopic (exact) mass is 375 g/mol. The van der Waals surface area contributed by atoms with Crippen LogP contribution >= 0.6 is 0 Å². The topological polar surface area (TPSA) is 51.3 Å². The number of alkyl halides is 3. The smallest absolute Gasteiger partial charge is 0.416 e. The molecule has 0 saturated heterocycles. The minimum atomic E-state index is -4.39. The van der Waals surface area contributed by atoms with Gasteiger partial charge in [0.15, 0.2) is 5.58 Å². The molecule has 0 N–H and O–H groups in total. The predicted molar refractivity (Wildman–Crippen MR) is 101 cm³/mol. The first kappa shape index (κ1) is 20.4. The van der Waals surface area contributed by atoms with Crippen LogP contribution in [0.25, 0.3) is 22.6 Å². The van der Waals surface area contributed by atoms with Crippen molar-refractivity contribution in [3.63, 3.8) is 0 Å². The van der Waals surface area contributed by atoms with E-state index in [1.54, 1.807) is 25.5 Å². The first-order valence-electron chi connectivity index (χ1n) is 8.20. The second-order valence-electron chi connectivity index (χ2n) is 5.81. The Morgan fingerprint density at radius 1 is 1.22 bits per heavy atom. The van der Waals surface area contributed by atoms with Crippen molar-refractivity contribution >= 4 is 17.3 Å². The second kappa shape index (κ2) is 8.62. The van der Waals surface area contributed by atoms with Gasteiger partial charge < -0.3 is 4.42 Å². The molecule has 2 aromatic heterocycles. The lowest BCUT2D eigenvalue weighted by Crippen LogP contribution is -2.03. The van der Waals surface area contributed by atoms with Crippen LogP contribution in [0.4, 0.5) is 13.2 Å². The predicted octanol–water partition coefficient (Wildman–Crippen LogP) is 5.87. The highest BCUT2D eigenvalue weighted by Crippen LogP contribution is 2.33. The third kappa shape index (κ3) is 5.26. The molecule has 0 unspecified atom stereocenters. The van der Waals surface area contributed by atoms with Gasteiger partial charge in [-0.2, -0.15) is 13.2 Å². The Morgan fingerprint density at radius 2 is 1.96 bits per heavy atom. The summed E-state index contributed by atoms with van der Waals surface area (Å²) in [4.78, 5) is 11.9. The van der Waals surface area contributed by atoms with Crippen LogP contribution in [0, 0.1) is 6.92 Å². The molecule has 0 fully saturated rings. The summed E-state index contributed by atoms with van der Waals surface area (Å²) in [5.41, 5.74) is 2.54. The van der Waals surface area contributed by atoms with Crippen molar-refractivity contribution in [3.8, 4) is 11.5 Å². The third-order valence-corrected chi connectivity index (χ3v) is 3.75. The molecule has 7 heteroatoms. The molecular formula is C20H20F3N3O. The Hall–Kier alpha value is -2.96. The van der Waals surface area contributed by atoms with E-state index < -0.39 is 11.7 Å². The summed E-state index contributed by atoms with van der Waals surface area (Å²) in [5, 5.41) is 0. The van der Waals surface area contributed by atoms with Crippen LogP contribution in [-0.4, -0.2) is 23.2 Å². The van der Waals surface area contributed by atoms with E-state index in [4.69, 9.17) is 4.42 Å². The number of pyridine rings is 1. The number of halogens is 3. The zero-order valence-electron chi connectivity index (χ0n) is 15.5. The molecule has 0 aliphatic rings. The molecule has 0 aliphatic carbocycles. The Kier molecular flexibility index (Phi) is 6.50. The maximum Gasteiger partial charge on any atom is 0.416 e. The summed E-state index contributed by atoms with van der Waals surface area (Å²) in [6, 6.07) is 4.96. The fourth-order valence-electron chi connectivity index (χ4n) is 2.21. The number of hydrogen-bond acceptors (Lipinski definition) is 4. The molecule has 0 bridgehead atoms. The summed E-state index contributed by atoms with van der Waals surface area (Å²) in [7, 11) is 1.77. The van der Waals surface area contributed by atoms with Gasteiger partial charge in [-0.25, -0.2) is 4.98 Å². The summed E-state index contributed by atoms with van der Waals surface area (Å²) in [6.07, 6.45) is 2.69. The zero-order valence-corrected chi connectivity index (χ0v) is 15.5. The average molecular weight is 375 g/mol. The fourth-order valence-corrected chi connectivity index (χ4v) is 2.21. The number of hydrogen-bond donors (Lipinski definition) is 0. The van der Waals surface area contributed by atoms with E-state index >= 15 is 0 Å². The van der Waals surface area contributed by atoms with Gasteiger partial charge in [0.25, 0.3) is 0 Å². The standard InChI is InChI=1S/C14H9F3N2O.C6H11N/c1-8-7-18-5-4-10(8)13-19-11-6-9(14(15,16)17)2-3-12(11)20-13;1-4-6(2)5-7-3/h2-7H,1H3;4-5H,1-3H3/b;6-4-,7-5?. The molecule has 2 heterocycles. The molecule has 0 atom stereocenters. The molecule has 1 aromatic carbocycles. The van der Waals surface area contributed by atoms with E-state index in [-0.39, 0.29) is 5.52 Å². The van der Waals surface area contributed by atoms with Crippen LogP contribution in [0.3, 0.4) is 0 Å². The lowest BCUT2D eigenvalue weighted by molar-refractivity contribution is -0.137. The van der Waals surface area contributed by atoms with Crippen LogP contribution < -0.4 is 0 Å². The lowest BCUT2D eigenvalue weighted by Gasteiger charge is -2.04. The number of aliphatic imine (C=N–C) groups is 1. The molecule has 3 aromatic rings. The number of aryl methyl sites for hydroxylation is 1. The molecular weight excluding hydrogens is 355 g/mol. The summed E-state index contributed by atoms with van der Waals surface area (Å²) < 4.78 is 43.4. The third-order valence-electron chi connectivity index (χ3n) is 3.75. The van der Waals surface area contributed by atoms with Gasteiger partial charge in [-0.1, -0.05) is 6.08 Å². The van der Waals surface area contributed by atoms with Crippen LogP contribution in [0.5, 0.6) is 0 Å². The van der Waals surface area contributed by atoms with Crippen molar-refractivity contribution in [2.45, 2.75) is 26.9 Å². The van der Waals surface area contributed by atoms with E-state index in [1.165, 1.54) is 11.6 Å². The van der Waals surface area contributed by atoms with Gasteiger partial charge in [-0.15, -0.1) is 0 Å². The van der Waals surface area contributed by atoms with Crippen molar-refractivity contribution in [1.29, 1.82) is 0 Å². The highest BCUT2D eigenvalue weighted by atomic mass is 19.4. The maximum atomic E-state index is 12.6. The Balaban J connectivity index is 0.000000321. The Morgan fingerprint density at radius 3 is 2.52 bits per heavy atom. The maximum absolute atomic E-state index is 12.6. The quantitative estimate of drug-likeness (QED) is 0.526. The van der Waals surface area contributed by atoms with E-state index in [1.807, 2.05) is 33.1 Å². The van der Waals surface area contributed by atoms with Gasteiger partial charge in [0, 0.05) is 31.2 Å². The summed E-state index contributed by atoms with van der Waals surface area (Å²) in [6.45, 7) is 5.85. The highest BCUT2D eigenvalue weighted by Gasteiger charge is 2.31.